The summed E-state index contributed by atoms with van der Waals surface area (Å²) in [7, 11) is 0. The van der Waals surface area contributed by atoms with Gasteiger partial charge in [0.1, 0.15) is 5.82 Å². The fourth-order valence-corrected chi connectivity index (χ4v) is 1.98. The van der Waals surface area contributed by atoms with Crippen molar-refractivity contribution in [2.45, 2.75) is 6.42 Å². The van der Waals surface area contributed by atoms with Crippen LogP contribution in [0.15, 0.2) is 42.5 Å². The predicted molar refractivity (Wildman–Crippen MR) is 70.9 cm³/mol. The van der Waals surface area contributed by atoms with E-state index in [4.69, 9.17) is 23.2 Å². The highest BCUT2D eigenvalue weighted by molar-refractivity contribution is 6.34. The average Bonchev–Trinajstić information content (AvgIpc) is 2.34. The molecule has 0 fully saturated rings. The van der Waals surface area contributed by atoms with Gasteiger partial charge in [0.05, 0.1) is 10.0 Å². The van der Waals surface area contributed by atoms with Gasteiger partial charge in [-0.25, -0.2) is 4.39 Å². The molecule has 0 aliphatic carbocycles. The first kappa shape index (κ1) is 13.1. The molecule has 2 aromatic rings. The Kier molecular flexibility index (Phi) is 4.00. The van der Waals surface area contributed by atoms with Crippen molar-refractivity contribution in [3.63, 3.8) is 0 Å². The van der Waals surface area contributed by atoms with Crippen LogP contribution in [0.25, 0.3) is 0 Å². The number of hydrogen-bond acceptors (Lipinski definition) is 1. The van der Waals surface area contributed by atoms with Crippen molar-refractivity contribution >= 4 is 29.0 Å². The molecule has 4 heteroatoms. The molecule has 0 spiro atoms. The normalized spacial score (nSPS) is 10.4. The Bertz CT molecular complexity index is 596. The lowest BCUT2D eigenvalue weighted by molar-refractivity contribution is 0.0993. The van der Waals surface area contributed by atoms with E-state index < -0.39 is 5.82 Å². The van der Waals surface area contributed by atoms with E-state index in [2.05, 4.69) is 0 Å². The minimum absolute atomic E-state index is 0.0453. The molecule has 92 valence electrons. The van der Waals surface area contributed by atoms with Crippen LogP contribution < -0.4 is 0 Å². The molecule has 1 nitrogen and oxygen atoms in total. The molecule has 0 heterocycles. The summed E-state index contributed by atoms with van der Waals surface area (Å²) >= 11 is 11.5. The molecular formula is C14H9Cl2FO. The van der Waals surface area contributed by atoms with Gasteiger partial charge in [-0.05, 0) is 29.8 Å². The number of halogens is 3. The second kappa shape index (κ2) is 5.51. The fourth-order valence-electron chi connectivity index (χ4n) is 1.62. The fraction of sp³-hybridized carbons (Fsp3) is 0.0714. The molecule has 0 radical (unpaired) electrons. The lowest BCUT2D eigenvalue weighted by Gasteiger charge is -2.04. The molecular weight excluding hydrogens is 274 g/mol. The smallest absolute Gasteiger partial charge is 0.168 e. The molecule has 0 bridgehead atoms. The number of carbonyl (C=O) groups is 1. The quantitative estimate of drug-likeness (QED) is 0.755. The Balaban J connectivity index is 2.22. The van der Waals surface area contributed by atoms with Gasteiger partial charge >= 0.3 is 0 Å². The number of rotatable bonds is 3. The minimum atomic E-state index is -0.527. The first-order chi connectivity index (χ1) is 8.58. The van der Waals surface area contributed by atoms with Crippen molar-refractivity contribution in [1.82, 2.24) is 0 Å². The van der Waals surface area contributed by atoms with E-state index in [9.17, 15) is 9.18 Å². The van der Waals surface area contributed by atoms with Gasteiger partial charge in [0.15, 0.2) is 5.78 Å². The highest BCUT2D eigenvalue weighted by Gasteiger charge is 2.11. The van der Waals surface area contributed by atoms with Gasteiger partial charge in [-0.1, -0.05) is 41.4 Å². The van der Waals surface area contributed by atoms with E-state index in [1.807, 2.05) is 0 Å². The monoisotopic (exact) mass is 282 g/mol. The zero-order valence-corrected chi connectivity index (χ0v) is 10.8. The maximum atomic E-state index is 13.2. The van der Waals surface area contributed by atoms with Crippen LogP contribution in [0.1, 0.15) is 15.9 Å². The van der Waals surface area contributed by atoms with Crippen LogP contribution in [-0.4, -0.2) is 5.78 Å². The summed E-state index contributed by atoms with van der Waals surface area (Å²) in [5.74, 6) is -0.677. The summed E-state index contributed by atoms with van der Waals surface area (Å²) in [6.45, 7) is 0. The van der Waals surface area contributed by atoms with E-state index >= 15 is 0 Å². The first-order valence-corrected chi connectivity index (χ1v) is 6.05. The van der Waals surface area contributed by atoms with Gasteiger partial charge in [0, 0.05) is 12.0 Å². The largest absolute Gasteiger partial charge is 0.294 e. The molecule has 0 amide bonds. The molecule has 0 aliphatic heterocycles. The van der Waals surface area contributed by atoms with Gasteiger partial charge in [-0.3, -0.25) is 4.79 Å². The summed E-state index contributed by atoms with van der Waals surface area (Å²) in [6.07, 6.45) is 0.0951. The van der Waals surface area contributed by atoms with Crippen LogP contribution in [-0.2, 0) is 6.42 Å². The third kappa shape index (κ3) is 2.89. The van der Waals surface area contributed by atoms with Crippen molar-refractivity contribution in [1.29, 1.82) is 0 Å². The minimum Gasteiger partial charge on any atom is -0.294 e. The number of carbonyl (C=O) groups excluding carboxylic acids is 1. The second-order valence-electron chi connectivity index (χ2n) is 3.83. The topological polar surface area (TPSA) is 17.1 Å². The van der Waals surface area contributed by atoms with Crippen molar-refractivity contribution in [3.05, 3.63) is 69.5 Å². The molecule has 0 aliphatic rings. The molecule has 0 unspecified atom stereocenters. The van der Waals surface area contributed by atoms with Crippen LogP contribution in [0.4, 0.5) is 4.39 Å². The van der Waals surface area contributed by atoms with Crippen molar-refractivity contribution < 1.29 is 9.18 Å². The van der Waals surface area contributed by atoms with Crippen LogP contribution in [0, 0.1) is 5.82 Å². The molecule has 0 atom stereocenters. The van der Waals surface area contributed by atoms with Crippen LogP contribution in [0.5, 0.6) is 0 Å². The highest BCUT2D eigenvalue weighted by Crippen LogP contribution is 2.20. The highest BCUT2D eigenvalue weighted by atomic mass is 35.5. The summed E-state index contributed by atoms with van der Waals surface area (Å²) in [4.78, 5) is 12.0. The lowest BCUT2D eigenvalue weighted by atomic mass is 10.0. The van der Waals surface area contributed by atoms with Crippen molar-refractivity contribution in [2.75, 3.05) is 0 Å². The number of hydrogen-bond donors (Lipinski definition) is 0. The van der Waals surface area contributed by atoms with E-state index in [1.165, 1.54) is 12.1 Å². The van der Waals surface area contributed by atoms with Crippen molar-refractivity contribution in [2.24, 2.45) is 0 Å². The summed E-state index contributed by atoms with van der Waals surface area (Å²) in [5.41, 5.74) is 1.01. The van der Waals surface area contributed by atoms with Crippen LogP contribution in [0.2, 0.25) is 10.0 Å². The predicted octanol–water partition coefficient (Wildman–Crippen LogP) is 4.56. The number of ketones is 1. The maximum Gasteiger partial charge on any atom is 0.168 e. The molecule has 18 heavy (non-hydrogen) atoms. The van der Waals surface area contributed by atoms with E-state index in [-0.39, 0.29) is 17.2 Å². The molecule has 0 saturated heterocycles. The van der Waals surface area contributed by atoms with Gasteiger partial charge < -0.3 is 0 Å². The Morgan fingerprint density at radius 3 is 2.44 bits per heavy atom. The summed E-state index contributed by atoms with van der Waals surface area (Å²) in [6, 6.07) is 11.1. The number of benzene rings is 2. The van der Waals surface area contributed by atoms with Gasteiger partial charge in [0.2, 0.25) is 0 Å². The van der Waals surface area contributed by atoms with Gasteiger partial charge in [-0.2, -0.15) is 0 Å². The Labute approximate surface area is 114 Å². The molecule has 2 aromatic carbocycles. The first-order valence-electron chi connectivity index (χ1n) is 5.29. The Morgan fingerprint density at radius 2 is 1.78 bits per heavy atom. The van der Waals surface area contributed by atoms with Gasteiger partial charge in [-0.15, -0.1) is 0 Å². The van der Waals surface area contributed by atoms with E-state index in [1.54, 1.807) is 30.3 Å². The third-order valence-electron chi connectivity index (χ3n) is 2.52. The number of Topliss-reactive ketones (excluding diaryl/α,β-unsaturated/α-hetero) is 1. The van der Waals surface area contributed by atoms with E-state index in [0.717, 1.165) is 0 Å². The third-order valence-corrected chi connectivity index (χ3v) is 3.16. The van der Waals surface area contributed by atoms with E-state index in [0.29, 0.717) is 16.1 Å². The molecule has 0 saturated carbocycles. The van der Waals surface area contributed by atoms with Crippen LogP contribution in [0.3, 0.4) is 0 Å². The molecule has 0 N–H and O–H groups in total. The molecule has 0 aromatic heterocycles. The standard InChI is InChI=1S/C14H9Cl2FO/c15-11-4-2-1-3-10(11)14(18)8-9-5-6-12(16)13(17)7-9/h1-7H,8H2. The van der Waals surface area contributed by atoms with Crippen LogP contribution >= 0.6 is 23.2 Å². The second-order valence-corrected chi connectivity index (χ2v) is 4.64. The Morgan fingerprint density at radius 1 is 1.06 bits per heavy atom. The zero-order chi connectivity index (χ0) is 13.1. The summed E-state index contributed by atoms with van der Waals surface area (Å²) in [5, 5.41) is 0.445. The molecule has 2 rings (SSSR count). The average molecular weight is 283 g/mol. The summed E-state index contributed by atoms with van der Waals surface area (Å²) < 4.78 is 13.2. The van der Waals surface area contributed by atoms with Gasteiger partial charge in [0.25, 0.3) is 0 Å². The van der Waals surface area contributed by atoms with Crippen molar-refractivity contribution in [3.8, 4) is 0 Å². The lowest BCUT2D eigenvalue weighted by Crippen LogP contribution is -2.04. The Hall–Kier alpha value is -1.38. The SMILES string of the molecule is O=C(Cc1ccc(Cl)c(F)c1)c1ccccc1Cl. The zero-order valence-electron chi connectivity index (χ0n) is 9.29. The maximum absolute atomic E-state index is 13.2.